The monoisotopic (exact) mass is 332 g/mol. The van der Waals surface area contributed by atoms with E-state index in [9.17, 15) is 0 Å². The van der Waals surface area contributed by atoms with E-state index in [1.165, 1.54) is 18.4 Å². The number of nitrogen functional groups attached to an aromatic ring is 1. The van der Waals surface area contributed by atoms with E-state index in [0.29, 0.717) is 11.7 Å². The zero-order valence-corrected chi connectivity index (χ0v) is 13.2. The van der Waals surface area contributed by atoms with Gasteiger partial charge in [-0.05, 0) is 50.5 Å². The highest BCUT2D eigenvalue weighted by Gasteiger charge is 2.27. The number of hydrogen-bond acceptors (Lipinski definition) is 4. The molecule has 1 aromatic carbocycles. The van der Waals surface area contributed by atoms with Crippen molar-refractivity contribution >= 4 is 33.3 Å². The average molecular weight is 333 g/mol. The summed E-state index contributed by atoms with van der Waals surface area (Å²) in [4.78, 5) is 9.02. The zero-order valence-electron chi connectivity index (χ0n) is 11.6. The third-order valence-corrected chi connectivity index (χ3v) is 4.45. The lowest BCUT2D eigenvalue weighted by molar-refractivity contribution is 0.928. The molecule has 3 N–H and O–H groups in total. The van der Waals surface area contributed by atoms with Crippen molar-refractivity contribution in [2.75, 3.05) is 11.1 Å². The van der Waals surface area contributed by atoms with E-state index < -0.39 is 0 Å². The van der Waals surface area contributed by atoms with Gasteiger partial charge in [0, 0.05) is 21.6 Å². The molecule has 104 valence electrons. The molecule has 1 fully saturated rings. The molecule has 1 saturated carbocycles. The maximum atomic E-state index is 6.00. The number of nitrogens with zero attached hydrogens (tertiary/aromatic N) is 2. The molecule has 0 saturated heterocycles. The lowest BCUT2D eigenvalue weighted by Gasteiger charge is -2.12. The van der Waals surface area contributed by atoms with Crippen LogP contribution in [0.4, 0.5) is 17.3 Å². The molecule has 1 aromatic heterocycles. The third-order valence-electron chi connectivity index (χ3n) is 3.56. The second kappa shape index (κ2) is 5.05. The zero-order chi connectivity index (χ0) is 14.3. The molecule has 1 aliphatic rings. The number of aromatic nitrogens is 2. The Morgan fingerprint density at radius 3 is 2.65 bits per heavy atom. The molecule has 5 heteroatoms. The van der Waals surface area contributed by atoms with Gasteiger partial charge in [-0.1, -0.05) is 15.9 Å². The standard InChI is InChI=1S/C15H17BrN4/c1-8-7-11(5-6-12(8)16)18-14-9(2)13(17)19-15(20-14)10-3-4-10/h5-7,10H,3-4H2,1-2H3,(H3,17,18,19,20). The van der Waals surface area contributed by atoms with Crippen LogP contribution in [0.2, 0.25) is 0 Å². The summed E-state index contributed by atoms with van der Waals surface area (Å²) in [6, 6.07) is 6.13. The lowest BCUT2D eigenvalue weighted by atomic mass is 10.2. The van der Waals surface area contributed by atoms with Gasteiger partial charge in [0.05, 0.1) is 0 Å². The molecule has 0 atom stereocenters. The number of rotatable bonds is 3. The molecule has 3 rings (SSSR count). The Bertz CT molecular complexity index is 665. The second-order valence-corrected chi connectivity index (χ2v) is 6.16. The number of nitrogens with two attached hydrogens (primary N) is 1. The van der Waals surface area contributed by atoms with Crippen LogP contribution >= 0.6 is 15.9 Å². The molecule has 0 amide bonds. The van der Waals surface area contributed by atoms with Gasteiger partial charge in [0.2, 0.25) is 0 Å². The Morgan fingerprint density at radius 2 is 2.00 bits per heavy atom. The smallest absolute Gasteiger partial charge is 0.139 e. The maximum Gasteiger partial charge on any atom is 0.139 e. The number of halogens is 1. The number of benzene rings is 1. The number of nitrogens with one attached hydrogen (secondary N) is 1. The van der Waals surface area contributed by atoms with Gasteiger partial charge in [0.1, 0.15) is 17.5 Å². The van der Waals surface area contributed by atoms with Crippen molar-refractivity contribution in [3.8, 4) is 0 Å². The van der Waals surface area contributed by atoms with Crippen LogP contribution in [0.15, 0.2) is 22.7 Å². The highest BCUT2D eigenvalue weighted by Crippen LogP contribution is 2.39. The number of hydrogen-bond donors (Lipinski definition) is 2. The molecule has 0 radical (unpaired) electrons. The molecule has 0 aliphatic heterocycles. The van der Waals surface area contributed by atoms with E-state index in [1.54, 1.807) is 0 Å². The van der Waals surface area contributed by atoms with Crippen LogP contribution < -0.4 is 11.1 Å². The Labute approximate surface area is 127 Å². The first kappa shape index (κ1) is 13.4. The van der Waals surface area contributed by atoms with Crippen molar-refractivity contribution in [1.82, 2.24) is 9.97 Å². The first-order valence-electron chi connectivity index (χ1n) is 6.72. The van der Waals surface area contributed by atoms with Crippen LogP contribution in [0.3, 0.4) is 0 Å². The van der Waals surface area contributed by atoms with Crippen molar-refractivity contribution in [2.24, 2.45) is 0 Å². The summed E-state index contributed by atoms with van der Waals surface area (Å²) in [5, 5.41) is 3.35. The van der Waals surface area contributed by atoms with Crippen LogP contribution in [-0.4, -0.2) is 9.97 Å². The van der Waals surface area contributed by atoms with E-state index >= 15 is 0 Å². The van der Waals surface area contributed by atoms with Gasteiger partial charge in [-0.3, -0.25) is 0 Å². The molecule has 1 heterocycles. The molecular formula is C15H17BrN4. The van der Waals surface area contributed by atoms with Gasteiger partial charge >= 0.3 is 0 Å². The van der Waals surface area contributed by atoms with Crippen LogP contribution in [0, 0.1) is 13.8 Å². The molecule has 0 spiro atoms. The van der Waals surface area contributed by atoms with E-state index in [-0.39, 0.29) is 0 Å². The molecule has 20 heavy (non-hydrogen) atoms. The van der Waals surface area contributed by atoms with E-state index in [2.05, 4.69) is 44.2 Å². The van der Waals surface area contributed by atoms with Gasteiger partial charge < -0.3 is 11.1 Å². The van der Waals surface area contributed by atoms with Gasteiger partial charge in [-0.25, -0.2) is 9.97 Å². The van der Waals surface area contributed by atoms with E-state index in [1.807, 2.05) is 19.1 Å². The fourth-order valence-electron chi connectivity index (χ4n) is 2.06. The summed E-state index contributed by atoms with van der Waals surface area (Å²) in [7, 11) is 0. The highest BCUT2D eigenvalue weighted by atomic mass is 79.9. The number of anilines is 3. The summed E-state index contributed by atoms with van der Waals surface area (Å²) in [5.41, 5.74) is 9.08. The van der Waals surface area contributed by atoms with Crippen LogP contribution in [0.5, 0.6) is 0 Å². The van der Waals surface area contributed by atoms with Crippen molar-refractivity contribution in [3.63, 3.8) is 0 Å². The largest absolute Gasteiger partial charge is 0.383 e. The summed E-state index contributed by atoms with van der Waals surface area (Å²) >= 11 is 3.51. The predicted molar refractivity (Wildman–Crippen MR) is 85.3 cm³/mol. The van der Waals surface area contributed by atoms with Crippen molar-refractivity contribution in [1.29, 1.82) is 0 Å². The molecular weight excluding hydrogens is 316 g/mol. The fourth-order valence-corrected chi connectivity index (χ4v) is 2.30. The minimum Gasteiger partial charge on any atom is -0.383 e. The highest BCUT2D eigenvalue weighted by molar-refractivity contribution is 9.10. The quantitative estimate of drug-likeness (QED) is 0.889. The minimum absolute atomic E-state index is 0.491. The van der Waals surface area contributed by atoms with Crippen molar-refractivity contribution in [2.45, 2.75) is 32.6 Å². The van der Waals surface area contributed by atoms with Gasteiger partial charge in [0.25, 0.3) is 0 Å². The summed E-state index contributed by atoms with van der Waals surface area (Å²) in [6.07, 6.45) is 2.33. The minimum atomic E-state index is 0.491. The van der Waals surface area contributed by atoms with Crippen LogP contribution in [-0.2, 0) is 0 Å². The van der Waals surface area contributed by atoms with Crippen molar-refractivity contribution in [3.05, 3.63) is 39.6 Å². The van der Waals surface area contributed by atoms with Crippen molar-refractivity contribution < 1.29 is 0 Å². The normalized spacial score (nSPS) is 14.3. The first-order chi connectivity index (χ1) is 9.54. The van der Waals surface area contributed by atoms with Crippen LogP contribution in [0.1, 0.15) is 35.7 Å². The molecule has 0 unspecified atom stereocenters. The lowest BCUT2D eigenvalue weighted by Crippen LogP contribution is -2.06. The predicted octanol–water partition coefficient (Wildman–Crippen LogP) is 4.06. The fraction of sp³-hybridized carbons (Fsp3) is 0.333. The SMILES string of the molecule is Cc1cc(Nc2nc(C3CC3)nc(N)c2C)ccc1Br. The Hall–Kier alpha value is -1.62. The first-order valence-corrected chi connectivity index (χ1v) is 7.51. The Morgan fingerprint density at radius 1 is 1.25 bits per heavy atom. The Balaban J connectivity index is 1.94. The van der Waals surface area contributed by atoms with Gasteiger partial charge in [0.15, 0.2) is 0 Å². The molecule has 0 bridgehead atoms. The molecule has 2 aromatic rings. The summed E-state index contributed by atoms with van der Waals surface area (Å²) in [6.45, 7) is 4.01. The molecule has 1 aliphatic carbocycles. The molecule has 4 nitrogen and oxygen atoms in total. The topological polar surface area (TPSA) is 63.8 Å². The van der Waals surface area contributed by atoms with E-state index in [0.717, 1.165) is 27.4 Å². The Kier molecular flexibility index (Phi) is 3.38. The third kappa shape index (κ3) is 2.63. The summed E-state index contributed by atoms with van der Waals surface area (Å²) in [5.74, 6) is 2.73. The second-order valence-electron chi connectivity index (χ2n) is 5.30. The maximum absolute atomic E-state index is 6.00. The van der Waals surface area contributed by atoms with Gasteiger partial charge in [-0.2, -0.15) is 0 Å². The number of aryl methyl sites for hydroxylation is 1. The van der Waals surface area contributed by atoms with Gasteiger partial charge in [-0.15, -0.1) is 0 Å². The summed E-state index contributed by atoms with van der Waals surface area (Å²) < 4.78 is 1.10. The van der Waals surface area contributed by atoms with E-state index in [4.69, 9.17) is 5.73 Å². The average Bonchev–Trinajstić information content (AvgIpc) is 3.23. The van der Waals surface area contributed by atoms with Crippen LogP contribution in [0.25, 0.3) is 0 Å².